The molecule has 2 aliphatic rings. The minimum absolute atomic E-state index is 0.154. The summed E-state index contributed by atoms with van der Waals surface area (Å²) >= 11 is 0. The maximum absolute atomic E-state index is 11.6. The lowest BCUT2D eigenvalue weighted by molar-refractivity contribution is 0.191. The zero-order valence-electron chi connectivity index (χ0n) is 18.3. The van der Waals surface area contributed by atoms with Crippen LogP contribution in [0.15, 0.2) is 60.7 Å². The lowest BCUT2D eigenvalue weighted by atomic mass is 9.92. The fraction of sp³-hybridized carbons (Fsp3) is 0.333. The minimum atomic E-state index is -0.676. The topological polar surface area (TPSA) is 44.8 Å². The Morgan fingerprint density at radius 3 is 2.62 bits per heavy atom. The van der Waals surface area contributed by atoms with E-state index in [4.69, 9.17) is 14.2 Å². The van der Waals surface area contributed by atoms with Crippen molar-refractivity contribution >= 4 is 10.8 Å². The van der Waals surface area contributed by atoms with Gasteiger partial charge < -0.3 is 14.2 Å². The molecule has 2 aliphatic heterocycles. The molecule has 0 spiro atoms. The van der Waals surface area contributed by atoms with E-state index in [1.54, 1.807) is 0 Å². The number of hydrogen-bond donors (Lipinski definition) is 0. The first-order valence-electron chi connectivity index (χ1n) is 11.2. The van der Waals surface area contributed by atoms with Gasteiger partial charge in [-0.3, -0.25) is 4.21 Å². The van der Waals surface area contributed by atoms with Crippen molar-refractivity contribution in [2.75, 3.05) is 18.1 Å². The number of fused-ring (bicyclic) bond motifs is 3. The number of aryl methyl sites for hydroxylation is 1. The van der Waals surface area contributed by atoms with Gasteiger partial charge in [-0.25, -0.2) is 0 Å². The third-order valence-corrected chi connectivity index (χ3v) is 7.50. The molecule has 3 aromatic carbocycles. The SMILES string of the molecule is Cc1cc(OC2CCS(=O)CC2)cc2c1-c1cc(COc3ccccc3)ccc1OCC2. The number of para-hydroxylation sites is 1. The summed E-state index contributed by atoms with van der Waals surface area (Å²) < 4.78 is 30.0. The maximum atomic E-state index is 11.6. The van der Waals surface area contributed by atoms with Gasteiger partial charge in [-0.15, -0.1) is 0 Å². The van der Waals surface area contributed by atoms with Gasteiger partial charge in [0, 0.05) is 34.3 Å². The van der Waals surface area contributed by atoms with Crippen LogP contribution in [0.3, 0.4) is 0 Å². The molecule has 0 bridgehead atoms. The van der Waals surface area contributed by atoms with Crippen LogP contribution >= 0.6 is 0 Å². The lowest BCUT2D eigenvalue weighted by Crippen LogP contribution is -2.27. The highest BCUT2D eigenvalue weighted by Crippen LogP contribution is 2.40. The summed E-state index contributed by atoms with van der Waals surface area (Å²) in [6, 6.07) is 20.5. The molecular weight excluding hydrogens is 420 g/mol. The highest BCUT2D eigenvalue weighted by molar-refractivity contribution is 7.85. The zero-order valence-corrected chi connectivity index (χ0v) is 19.2. The lowest BCUT2D eigenvalue weighted by Gasteiger charge is -2.24. The zero-order chi connectivity index (χ0) is 21.9. The van der Waals surface area contributed by atoms with E-state index in [0.717, 1.165) is 59.1 Å². The average molecular weight is 449 g/mol. The molecule has 0 radical (unpaired) electrons. The summed E-state index contributed by atoms with van der Waals surface area (Å²) in [6.07, 6.45) is 2.71. The Kier molecular flexibility index (Phi) is 6.17. The molecular formula is C27H28O4S. The molecule has 0 amide bonds. The van der Waals surface area contributed by atoms with Gasteiger partial charge in [0.25, 0.3) is 0 Å². The van der Waals surface area contributed by atoms with Crippen molar-refractivity contribution in [3.05, 3.63) is 77.4 Å². The van der Waals surface area contributed by atoms with E-state index in [1.807, 2.05) is 30.3 Å². The Hall–Kier alpha value is -2.79. The summed E-state index contributed by atoms with van der Waals surface area (Å²) in [7, 11) is -0.676. The molecule has 3 aromatic rings. The molecule has 0 aliphatic carbocycles. The predicted molar refractivity (Wildman–Crippen MR) is 128 cm³/mol. The normalized spacial score (nSPS) is 19.8. The Morgan fingerprint density at radius 2 is 1.81 bits per heavy atom. The summed E-state index contributed by atoms with van der Waals surface area (Å²) in [5.41, 5.74) is 5.89. The second-order valence-corrected chi connectivity index (χ2v) is 10.2. The van der Waals surface area contributed by atoms with Crippen LogP contribution in [0.1, 0.15) is 29.5 Å². The van der Waals surface area contributed by atoms with E-state index >= 15 is 0 Å². The van der Waals surface area contributed by atoms with E-state index in [9.17, 15) is 4.21 Å². The quantitative estimate of drug-likeness (QED) is 0.520. The van der Waals surface area contributed by atoms with Crippen molar-refractivity contribution in [3.8, 4) is 28.4 Å². The van der Waals surface area contributed by atoms with E-state index < -0.39 is 10.8 Å². The molecule has 32 heavy (non-hydrogen) atoms. The largest absolute Gasteiger partial charge is 0.493 e. The van der Waals surface area contributed by atoms with Gasteiger partial charge in [0.1, 0.15) is 30.0 Å². The second kappa shape index (κ2) is 9.37. The monoisotopic (exact) mass is 448 g/mol. The highest BCUT2D eigenvalue weighted by atomic mass is 32.2. The van der Waals surface area contributed by atoms with Crippen LogP contribution in [-0.4, -0.2) is 28.4 Å². The summed E-state index contributed by atoms with van der Waals surface area (Å²) in [5, 5.41) is 0. The highest BCUT2D eigenvalue weighted by Gasteiger charge is 2.22. The average Bonchev–Trinajstić information content (AvgIpc) is 2.99. The van der Waals surface area contributed by atoms with Crippen molar-refractivity contribution in [1.29, 1.82) is 0 Å². The number of rotatable bonds is 5. The smallest absolute Gasteiger partial charge is 0.127 e. The Bertz CT molecular complexity index is 1120. The van der Waals surface area contributed by atoms with Crippen LogP contribution < -0.4 is 14.2 Å². The summed E-state index contributed by atoms with van der Waals surface area (Å²) in [4.78, 5) is 0. The second-order valence-electron chi connectivity index (χ2n) is 8.47. The van der Waals surface area contributed by atoms with Crippen molar-refractivity contribution in [1.82, 2.24) is 0 Å². The fourth-order valence-corrected chi connectivity index (χ4v) is 5.76. The van der Waals surface area contributed by atoms with Gasteiger partial charge in [0.2, 0.25) is 0 Å². The molecule has 1 fully saturated rings. The molecule has 4 nitrogen and oxygen atoms in total. The van der Waals surface area contributed by atoms with E-state index in [1.165, 1.54) is 16.7 Å². The van der Waals surface area contributed by atoms with E-state index in [-0.39, 0.29) is 6.10 Å². The minimum Gasteiger partial charge on any atom is -0.493 e. The first-order valence-corrected chi connectivity index (χ1v) is 12.7. The summed E-state index contributed by atoms with van der Waals surface area (Å²) in [5.74, 6) is 4.17. The molecule has 0 unspecified atom stereocenters. The van der Waals surface area contributed by atoms with Crippen molar-refractivity contribution in [3.63, 3.8) is 0 Å². The maximum Gasteiger partial charge on any atom is 0.127 e. The van der Waals surface area contributed by atoms with Crippen LogP contribution in [0, 0.1) is 6.92 Å². The van der Waals surface area contributed by atoms with Crippen molar-refractivity contribution in [2.24, 2.45) is 0 Å². The Balaban J connectivity index is 1.41. The number of benzene rings is 3. The Labute approximate surface area is 192 Å². The van der Waals surface area contributed by atoms with Crippen LogP contribution in [0.25, 0.3) is 11.1 Å². The predicted octanol–water partition coefficient (Wildman–Crippen LogP) is 5.47. The van der Waals surface area contributed by atoms with Crippen molar-refractivity contribution < 1.29 is 18.4 Å². The molecule has 0 aromatic heterocycles. The van der Waals surface area contributed by atoms with E-state index in [2.05, 4.69) is 37.3 Å². The van der Waals surface area contributed by atoms with Crippen LogP contribution in [0.5, 0.6) is 17.2 Å². The van der Waals surface area contributed by atoms with Gasteiger partial charge in [0.05, 0.1) is 6.61 Å². The first kappa shape index (κ1) is 21.1. The fourth-order valence-electron chi connectivity index (χ4n) is 4.50. The van der Waals surface area contributed by atoms with E-state index in [0.29, 0.717) is 13.2 Å². The molecule has 5 rings (SSSR count). The molecule has 1 saturated heterocycles. The van der Waals surface area contributed by atoms with Crippen LogP contribution in [0.2, 0.25) is 0 Å². The third-order valence-electron chi connectivity index (χ3n) is 6.12. The first-order chi connectivity index (χ1) is 15.7. The molecule has 0 N–H and O–H groups in total. The molecule has 2 heterocycles. The number of hydrogen-bond acceptors (Lipinski definition) is 4. The standard InChI is InChI=1S/C27H28O4S/c1-19-15-24(31-23-10-13-32(28)14-11-23)17-21-9-12-29-26-8-7-20(16-25(26)27(19)21)18-30-22-5-3-2-4-6-22/h2-8,15-17,23H,9-14,18H2,1H3. The van der Waals surface area contributed by atoms with Gasteiger partial charge >= 0.3 is 0 Å². The molecule has 0 atom stereocenters. The van der Waals surface area contributed by atoms with Crippen molar-refractivity contribution in [2.45, 2.75) is 38.9 Å². The van der Waals surface area contributed by atoms with Crippen LogP contribution in [0.4, 0.5) is 0 Å². The van der Waals surface area contributed by atoms with Gasteiger partial charge in [-0.1, -0.05) is 24.3 Å². The van der Waals surface area contributed by atoms with Gasteiger partial charge in [0.15, 0.2) is 0 Å². The molecule has 166 valence electrons. The van der Waals surface area contributed by atoms with Crippen LogP contribution in [-0.2, 0) is 23.8 Å². The molecule has 5 heteroatoms. The summed E-state index contributed by atoms with van der Waals surface area (Å²) in [6.45, 7) is 3.30. The number of ether oxygens (including phenoxy) is 3. The van der Waals surface area contributed by atoms with Gasteiger partial charge in [-0.05, 0) is 78.4 Å². The third kappa shape index (κ3) is 4.68. The van der Waals surface area contributed by atoms with Gasteiger partial charge in [-0.2, -0.15) is 0 Å². The molecule has 0 saturated carbocycles. The Morgan fingerprint density at radius 1 is 1.00 bits per heavy atom.